The molecule has 0 N–H and O–H groups in total. The third-order valence-electron chi connectivity index (χ3n) is 4.14. The summed E-state index contributed by atoms with van der Waals surface area (Å²) in [5.74, 6) is 0. The minimum atomic E-state index is 0. The number of aryl methyl sites for hydroxylation is 2. The van der Waals surface area contributed by atoms with Crippen LogP contribution in [0.5, 0.6) is 0 Å². The molecular formula is C28H34OSiZr. The van der Waals surface area contributed by atoms with Crippen LogP contribution in [-0.4, -0.2) is 16.4 Å². The molecule has 0 aromatic heterocycles. The van der Waals surface area contributed by atoms with Crippen molar-refractivity contribution in [3.63, 3.8) is 0 Å². The minimum Gasteiger partial charge on any atom is -0.418 e. The molecule has 0 aliphatic carbocycles. The second-order valence-corrected chi connectivity index (χ2v) is 7.42. The first-order valence-corrected chi connectivity index (χ1v) is 11.7. The number of benzene rings is 2. The standard InChI is InChI=1S/2C10H9.C5H8.C3H8OSi.Zr/c2*1-8-6-9-4-2-3-5-10(9)7-8;1-3-5-4-2;1-3-4-5-2;/h2*2-7H,1H3;3-5H,1H2,2H3;3H2,1-2H3;/q2*-1;;;+2. The Labute approximate surface area is 210 Å². The first-order chi connectivity index (χ1) is 14.5. The van der Waals surface area contributed by atoms with Crippen LogP contribution in [0.15, 0.2) is 97.6 Å². The van der Waals surface area contributed by atoms with Gasteiger partial charge in [-0.1, -0.05) is 50.8 Å². The predicted molar refractivity (Wildman–Crippen MR) is 137 cm³/mol. The molecule has 4 aromatic rings. The summed E-state index contributed by atoms with van der Waals surface area (Å²) in [5, 5.41) is 5.39. The SMILES string of the molecule is C=CC=CC.CCO[Si]C.Cc1cc2ccccc2[cH-]1.Cc1cc2ccccc2[cH-]1.[Zr+2]. The van der Waals surface area contributed by atoms with Crippen LogP contribution in [0.25, 0.3) is 21.5 Å². The molecule has 1 nitrogen and oxygen atoms in total. The molecule has 0 aliphatic heterocycles. The van der Waals surface area contributed by atoms with Crippen molar-refractivity contribution in [2.45, 2.75) is 34.2 Å². The van der Waals surface area contributed by atoms with E-state index in [4.69, 9.17) is 4.43 Å². The molecule has 0 aliphatic rings. The molecule has 160 valence electrons. The number of rotatable bonds is 3. The van der Waals surface area contributed by atoms with Gasteiger partial charge in [-0.15, -0.1) is 81.2 Å². The molecular weight excluding hydrogens is 472 g/mol. The molecule has 0 fully saturated rings. The van der Waals surface area contributed by atoms with Gasteiger partial charge in [0.2, 0.25) is 9.76 Å². The van der Waals surface area contributed by atoms with Crippen molar-refractivity contribution in [1.82, 2.24) is 0 Å². The molecule has 0 saturated carbocycles. The molecule has 0 unspecified atom stereocenters. The Morgan fingerprint density at radius 3 is 1.61 bits per heavy atom. The summed E-state index contributed by atoms with van der Waals surface area (Å²) >= 11 is 0. The molecule has 2 radical (unpaired) electrons. The molecule has 4 rings (SSSR count). The number of hydrogen-bond donors (Lipinski definition) is 0. The van der Waals surface area contributed by atoms with E-state index in [0.717, 1.165) is 6.61 Å². The zero-order valence-corrected chi connectivity index (χ0v) is 22.9. The van der Waals surface area contributed by atoms with Gasteiger partial charge in [-0.2, -0.15) is 12.1 Å². The van der Waals surface area contributed by atoms with Gasteiger partial charge in [0.1, 0.15) is 0 Å². The maximum atomic E-state index is 4.86. The molecule has 0 bridgehead atoms. The third-order valence-corrected chi connectivity index (χ3v) is 4.72. The summed E-state index contributed by atoms with van der Waals surface area (Å²) in [5.41, 5.74) is 2.70. The van der Waals surface area contributed by atoms with Crippen LogP contribution >= 0.6 is 0 Å². The fraction of sp³-hybridized carbons (Fsp3) is 0.214. The third kappa shape index (κ3) is 12.0. The predicted octanol–water partition coefficient (Wildman–Crippen LogP) is 8.17. The number of fused-ring (bicyclic) bond motifs is 2. The first-order valence-electron chi connectivity index (χ1n) is 10.3. The molecule has 3 heteroatoms. The van der Waals surface area contributed by atoms with Crippen LogP contribution in [-0.2, 0) is 30.6 Å². The van der Waals surface area contributed by atoms with E-state index >= 15 is 0 Å². The van der Waals surface area contributed by atoms with Crippen LogP contribution in [0, 0.1) is 13.8 Å². The van der Waals surface area contributed by atoms with E-state index in [1.807, 2.05) is 32.5 Å². The fourth-order valence-electron chi connectivity index (χ4n) is 2.89. The average molecular weight is 506 g/mol. The Balaban J connectivity index is 0.000000407. The average Bonchev–Trinajstić information content (AvgIpc) is 3.31. The second-order valence-electron chi connectivity index (χ2n) is 6.72. The molecule has 0 saturated heterocycles. The number of allylic oxidation sites excluding steroid dienone is 3. The van der Waals surface area contributed by atoms with Crippen LogP contribution in [0.2, 0.25) is 6.55 Å². The van der Waals surface area contributed by atoms with Crippen LogP contribution in [0.1, 0.15) is 25.0 Å². The van der Waals surface area contributed by atoms with Crippen LogP contribution in [0.3, 0.4) is 0 Å². The minimum absolute atomic E-state index is 0. The van der Waals surface area contributed by atoms with Crippen molar-refractivity contribution >= 4 is 31.3 Å². The van der Waals surface area contributed by atoms with Crippen molar-refractivity contribution < 1.29 is 30.6 Å². The molecule has 31 heavy (non-hydrogen) atoms. The van der Waals surface area contributed by atoms with Gasteiger partial charge in [0.25, 0.3) is 0 Å². The zero-order chi connectivity index (χ0) is 22.2. The topological polar surface area (TPSA) is 9.23 Å². The van der Waals surface area contributed by atoms with Crippen LogP contribution < -0.4 is 0 Å². The van der Waals surface area contributed by atoms with E-state index in [2.05, 4.69) is 93.2 Å². The quantitative estimate of drug-likeness (QED) is 0.155. The molecule has 0 spiro atoms. The van der Waals surface area contributed by atoms with E-state index in [-0.39, 0.29) is 26.2 Å². The molecule has 0 amide bonds. The van der Waals surface area contributed by atoms with E-state index < -0.39 is 0 Å². The van der Waals surface area contributed by atoms with Gasteiger partial charge in [0, 0.05) is 6.61 Å². The molecule has 0 atom stereocenters. The first kappa shape index (κ1) is 29.2. The maximum absolute atomic E-state index is 4.86. The van der Waals surface area contributed by atoms with Gasteiger partial charge < -0.3 is 4.43 Å². The monoisotopic (exact) mass is 504 g/mol. The van der Waals surface area contributed by atoms with E-state index in [1.54, 1.807) is 6.08 Å². The van der Waals surface area contributed by atoms with Crippen molar-refractivity contribution in [3.8, 4) is 0 Å². The van der Waals surface area contributed by atoms with Gasteiger partial charge in [0.05, 0.1) is 0 Å². The van der Waals surface area contributed by atoms with E-state index in [0.29, 0.717) is 9.76 Å². The summed E-state index contributed by atoms with van der Waals surface area (Å²) in [6.07, 6.45) is 5.58. The Kier molecular flexibility index (Phi) is 16.8. The van der Waals surface area contributed by atoms with E-state index in [1.165, 1.54) is 32.7 Å². The van der Waals surface area contributed by atoms with Crippen molar-refractivity contribution in [1.29, 1.82) is 0 Å². The Morgan fingerprint density at radius 2 is 1.35 bits per heavy atom. The summed E-state index contributed by atoms with van der Waals surface area (Å²) < 4.78 is 4.86. The van der Waals surface area contributed by atoms with Crippen molar-refractivity contribution in [2.24, 2.45) is 0 Å². The Hall–Kier alpha value is -1.80. The van der Waals surface area contributed by atoms with Gasteiger partial charge in [-0.25, -0.2) is 0 Å². The van der Waals surface area contributed by atoms with Crippen molar-refractivity contribution in [3.05, 3.63) is 109 Å². The van der Waals surface area contributed by atoms with Crippen molar-refractivity contribution in [2.75, 3.05) is 6.61 Å². The zero-order valence-electron chi connectivity index (χ0n) is 19.5. The summed E-state index contributed by atoms with van der Waals surface area (Å²) in [4.78, 5) is 0. The van der Waals surface area contributed by atoms with Gasteiger partial charge >= 0.3 is 26.2 Å². The fourth-order valence-corrected chi connectivity index (χ4v) is 3.18. The smallest absolute Gasteiger partial charge is 0.418 e. The molecule has 4 aromatic carbocycles. The van der Waals surface area contributed by atoms with Gasteiger partial charge in [-0.3, -0.25) is 0 Å². The second kappa shape index (κ2) is 17.8. The van der Waals surface area contributed by atoms with Crippen LogP contribution in [0.4, 0.5) is 0 Å². The Morgan fingerprint density at radius 1 is 0.903 bits per heavy atom. The largest absolute Gasteiger partial charge is 2.00 e. The van der Waals surface area contributed by atoms with Gasteiger partial charge in [-0.05, 0) is 20.4 Å². The summed E-state index contributed by atoms with van der Waals surface area (Å²) in [6, 6.07) is 25.7. The maximum Gasteiger partial charge on any atom is 2.00 e. The normalized spacial score (nSPS) is 9.58. The number of hydrogen-bond acceptors (Lipinski definition) is 1. The van der Waals surface area contributed by atoms with E-state index in [9.17, 15) is 0 Å². The summed E-state index contributed by atoms with van der Waals surface area (Å²) in [6.45, 7) is 14.5. The molecule has 0 heterocycles. The Bertz CT molecular complexity index is 870. The summed E-state index contributed by atoms with van der Waals surface area (Å²) in [7, 11) is 0.658. The van der Waals surface area contributed by atoms with Gasteiger partial charge in [0.15, 0.2) is 0 Å².